The molecule has 1 aromatic rings. The Morgan fingerprint density at radius 3 is 2.61 bits per heavy atom. The van der Waals surface area contributed by atoms with E-state index < -0.39 is 23.8 Å². The Morgan fingerprint density at radius 1 is 1.06 bits per heavy atom. The van der Waals surface area contributed by atoms with Crippen molar-refractivity contribution >= 4 is 23.6 Å². The average molecular weight is 455 g/mol. The Labute approximate surface area is 192 Å². The molecule has 2 unspecified atom stereocenters. The molecule has 1 aromatic carbocycles. The third-order valence-electron chi connectivity index (χ3n) is 7.53. The van der Waals surface area contributed by atoms with Gasteiger partial charge in [-0.15, -0.1) is 0 Å². The molecule has 0 bridgehead atoms. The summed E-state index contributed by atoms with van der Waals surface area (Å²) in [6, 6.07) is 4.26. The van der Waals surface area contributed by atoms with E-state index in [4.69, 9.17) is 4.74 Å². The van der Waals surface area contributed by atoms with Gasteiger partial charge in [-0.1, -0.05) is 12.1 Å². The van der Waals surface area contributed by atoms with E-state index in [1.165, 1.54) is 19.3 Å². The molecule has 3 saturated heterocycles. The molecular weight excluding hydrogens is 424 g/mol. The lowest BCUT2D eigenvalue weighted by Gasteiger charge is -2.43. The molecule has 4 aliphatic rings. The van der Waals surface area contributed by atoms with E-state index in [2.05, 4.69) is 16.0 Å². The number of carbonyl (C=O) groups is 4. The first kappa shape index (κ1) is 22.2. The van der Waals surface area contributed by atoms with Gasteiger partial charge >= 0.3 is 0 Å². The molecule has 33 heavy (non-hydrogen) atoms. The number of hydrogen-bond acceptors (Lipinski definition) is 7. The number of imide groups is 2. The molecule has 9 nitrogen and oxygen atoms in total. The van der Waals surface area contributed by atoms with Crippen LogP contribution in [0.25, 0.3) is 0 Å². The van der Waals surface area contributed by atoms with Crippen LogP contribution >= 0.6 is 0 Å². The van der Waals surface area contributed by atoms with Gasteiger partial charge in [0.1, 0.15) is 6.04 Å². The Bertz CT molecular complexity index is 977. The molecule has 0 aromatic heterocycles. The van der Waals surface area contributed by atoms with E-state index in [1.54, 1.807) is 12.1 Å². The van der Waals surface area contributed by atoms with Crippen molar-refractivity contribution in [3.8, 4) is 0 Å². The third-order valence-corrected chi connectivity index (χ3v) is 7.53. The fourth-order valence-electron chi connectivity index (χ4n) is 5.53. The summed E-state index contributed by atoms with van der Waals surface area (Å²) in [5.41, 5.74) is 1.71. The number of ether oxygens (including phenoxy) is 1. The van der Waals surface area contributed by atoms with Crippen LogP contribution in [0, 0.1) is 5.41 Å². The number of rotatable bonds is 5. The molecule has 1 spiro atoms. The van der Waals surface area contributed by atoms with Gasteiger partial charge in [-0.25, -0.2) is 0 Å². The van der Waals surface area contributed by atoms with Crippen molar-refractivity contribution in [2.24, 2.45) is 5.41 Å². The van der Waals surface area contributed by atoms with Crippen LogP contribution in [0.5, 0.6) is 0 Å². The van der Waals surface area contributed by atoms with Crippen LogP contribution < -0.4 is 16.0 Å². The molecule has 4 aliphatic heterocycles. The van der Waals surface area contributed by atoms with Gasteiger partial charge in [0, 0.05) is 19.5 Å². The number of nitrogens with one attached hydrogen (secondary N) is 3. The first-order valence-electron chi connectivity index (χ1n) is 11.8. The minimum Gasteiger partial charge on any atom is -0.376 e. The highest BCUT2D eigenvalue weighted by Gasteiger charge is 2.45. The zero-order valence-electron chi connectivity index (χ0n) is 18.7. The van der Waals surface area contributed by atoms with E-state index in [-0.39, 0.29) is 24.9 Å². The zero-order chi connectivity index (χ0) is 23.0. The summed E-state index contributed by atoms with van der Waals surface area (Å²) < 4.78 is 6.17. The molecule has 2 atom stereocenters. The molecule has 9 heteroatoms. The molecule has 4 amide bonds. The van der Waals surface area contributed by atoms with E-state index in [0.717, 1.165) is 36.6 Å². The van der Waals surface area contributed by atoms with Gasteiger partial charge in [-0.05, 0) is 62.2 Å². The fourth-order valence-corrected chi connectivity index (χ4v) is 5.53. The Hall–Kier alpha value is -2.62. The first-order chi connectivity index (χ1) is 16.0. The summed E-state index contributed by atoms with van der Waals surface area (Å²) in [7, 11) is 0. The second-order valence-corrected chi connectivity index (χ2v) is 9.64. The molecule has 4 heterocycles. The third kappa shape index (κ3) is 4.20. The van der Waals surface area contributed by atoms with Gasteiger partial charge in [0.05, 0.1) is 23.8 Å². The van der Waals surface area contributed by atoms with Crippen molar-refractivity contribution < 1.29 is 23.9 Å². The maximum Gasteiger partial charge on any atom is 0.262 e. The fraction of sp³-hybridized carbons (Fsp3) is 0.583. The van der Waals surface area contributed by atoms with Gasteiger partial charge in [-0.3, -0.25) is 29.4 Å². The molecule has 3 N–H and O–H groups in total. The first-order valence-corrected chi connectivity index (χ1v) is 11.8. The molecule has 0 saturated carbocycles. The lowest BCUT2D eigenvalue weighted by Crippen LogP contribution is -2.54. The Balaban J connectivity index is 1.21. The highest BCUT2D eigenvalue weighted by molar-refractivity contribution is 6.24. The summed E-state index contributed by atoms with van der Waals surface area (Å²) in [6.07, 6.45) is 4.93. The van der Waals surface area contributed by atoms with Gasteiger partial charge in [-0.2, -0.15) is 0 Å². The lowest BCUT2D eigenvalue weighted by molar-refractivity contribution is -0.136. The second-order valence-electron chi connectivity index (χ2n) is 9.64. The Kier molecular flexibility index (Phi) is 6.03. The van der Waals surface area contributed by atoms with Gasteiger partial charge < -0.3 is 15.4 Å². The normalized spacial score (nSPS) is 27.1. The van der Waals surface area contributed by atoms with E-state index >= 15 is 0 Å². The van der Waals surface area contributed by atoms with Gasteiger partial charge in [0.15, 0.2) is 0 Å². The van der Waals surface area contributed by atoms with Crippen molar-refractivity contribution in [3.05, 3.63) is 34.9 Å². The maximum absolute atomic E-state index is 13.2. The van der Waals surface area contributed by atoms with Gasteiger partial charge in [0.2, 0.25) is 11.8 Å². The molecule has 0 radical (unpaired) electrons. The van der Waals surface area contributed by atoms with E-state index in [9.17, 15) is 19.2 Å². The summed E-state index contributed by atoms with van der Waals surface area (Å²) in [4.78, 5) is 50.9. The number of hydrogen-bond donors (Lipinski definition) is 3. The molecular formula is C24H30N4O5. The van der Waals surface area contributed by atoms with Crippen LogP contribution in [0.3, 0.4) is 0 Å². The van der Waals surface area contributed by atoms with Crippen molar-refractivity contribution in [2.75, 3.05) is 26.2 Å². The summed E-state index contributed by atoms with van der Waals surface area (Å²) in [5.74, 6) is -1.92. The monoisotopic (exact) mass is 454 g/mol. The van der Waals surface area contributed by atoms with Crippen LogP contribution in [-0.4, -0.2) is 66.9 Å². The number of piperidine rings is 2. The highest BCUT2D eigenvalue weighted by atomic mass is 16.5. The number of nitrogens with zero attached hydrogens (tertiary/aromatic N) is 1. The van der Waals surface area contributed by atoms with E-state index in [1.807, 2.05) is 6.07 Å². The topological polar surface area (TPSA) is 117 Å². The zero-order valence-corrected chi connectivity index (χ0v) is 18.7. The lowest BCUT2D eigenvalue weighted by atomic mass is 9.74. The summed E-state index contributed by atoms with van der Waals surface area (Å²) >= 11 is 0. The molecule has 5 rings (SSSR count). The maximum atomic E-state index is 13.2. The quantitative estimate of drug-likeness (QED) is 0.562. The standard InChI is InChI=1S/C24H30N4O5/c29-19-5-4-18(21(30)27-19)28-22(31)17-3-1-2-15(20(17)23(28)32)12-26-13-16-6-7-24(14-33-16)8-10-25-11-9-24/h1-3,16,18,25-26H,4-14H2,(H,27,29,30). The predicted octanol–water partition coefficient (Wildman–Crippen LogP) is 0.726. The molecule has 3 fully saturated rings. The predicted molar refractivity (Wildman–Crippen MR) is 118 cm³/mol. The molecule has 0 aliphatic carbocycles. The largest absolute Gasteiger partial charge is 0.376 e. The number of benzene rings is 1. The second kappa shape index (κ2) is 8.96. The highest BCUT2D eigenvalue weighted by Crippen LogP contribution is 2.38. The van der Waals surface area contributed by atoms with Gasteiger partial charge in [0.25, 0.3) is 11.8 Å². The number of carbonyl (C=O) groups excluding carboxylic acids is 4. The summed E-state index contributed by atoms with van der Waals surface area (Å²) in [5, 5.41) is 9.04. The minimum atomic E-state index is -0.950. The van der Waals surface area contributed by atoms with Crippen molar-refractivity contribution in [1.29, 1.82) is 0 Å². The van der Waals surface area contributed by atoms with Crippen molar-refractivity contribution in [3.63, 3.8) is 0 Å². The molecule has 176 valence electrons. The van der Waals surface area contributed by atoms with E-state index in [0.29, 0.717) is 29.6 Å². The van der Waals surface area contributed by atoms with Crippen LogP contribution in [0.15, 0.2) is 18.2 Å². The van der Waals surface area contributed by atoms with Crippen molar-refractivity contribution in [2.45, 2.75) is 57.2 Å². The van der Waals surface area contributed by atoms with Crippen LogP contribution in [0.2, 0.25) is 0 Å². The van der Waals surface area contributed by atoms with Crippen LogP contribution in [0.4, 0.5) is 0 Å². The van der Waals surface area contributed by atoms with Crippen LogP contribution in [0.1, 0.15) is 64.8 Å². The SMILES string of the molecule is O=C1CCC(N2C(=O)c3cccc(CNCC4CCC5(CCNCC5)CO4)c3C2=O)C(=O)N1. The summed E-state index contributed by atoms with van der Waals surface area (Å²) in [6.45, 7) is 4.04. The minimum absolute atomic E-state index is 0.109. The smallest absolute Gasteiger partial charge is 0.262 e. The Morgan fingerprint density at radius 2 is 1.88 bits per heavy atom. The number of fused-ring (bicyclic) bond motifs is 1. The van der Waals surface area contributed by atoms with Crippen molar-refractivity contribution in [1.82, 2.24) is 20.9 Å². The van der Waals surface area contributed by atoms with Crippen LogP contribution in [-0.2, 0) is 20.9 Å². The number of amides is 4. The average Bonchev–Trinajstić information content (AvgIpc) is 3.07.